The molecule has 1 aromatic rings. The summed E-state index contributed by atoms with van der Waals surface area (Å²) in [6.45, 7) is 4.05. The predicted molar refractivity (Wildman–Crippen MR) is 64.6 cm³/mol. The van der Waals surface area contributed by atoms with Gasteiger partial charge in [0, 0.05) is 19.8 Å². The molecule has 0 unspecified atom stereocenters. The van der Waals surface area contributed by atoms with Crippen LogP contribution in [0, 0.1) is 0 Å². The summed E-state index contributed by atoms with van der Waals surface area (Å²) >= 11 is 0. The highest BCUT2D eigenvalue weighted by Gasteiger charge is 2.21. The topological polar surface area (TPSA) is 21.3 Å². The Bertz CT molecular complexity index is 369. The second-order valence-corrected chi connectivity index (χ2v) is 4.80. The Morgan fingerprint density at radius 3 is 2.94 bits per heavy atom. The molecular formula is C14H19NO. The van der Waals surface area contributed by atoms with Crippen LogP contribution in [0.25, 0.3) is 0 Å². The Labute approximate surface area is 97.0 Å². The highest BCUT2D eigenvalue weighted by atomic mass is 16.5. The molecule has 2 heterocycles. The van der Waals surface area contributed by atoms with Gasteiger partial charge in [0.05, 0.1) is 0 Å². The largest absolute Gasteiger partial charge is 0.381 e. The minimum atomic E-state index is 0.726. The van der Waals surface area contributed by atoms with Gasteiger partial charge in [-0.05, 0) is 48.4 Å². The van der Waals surface area contributed by atoms with Crippen molar-refractivity contribution in [3.05, 3.63) is 34.9 Å². The van der Waals surface area contributed by atoms with E-state index in [2.05, 4.69) is 23.5 Å². The van der Waals surface area contributed by atoms with Gasteiger partial charge in [-0.1, -0.05) is 18.2 Å². The fourth-order valence-electron chi connectivity index (χ4n) is 2.93. The summed E-state index contributed by atoms with van der Waals surface area (Å²) in [6, 6.07) is 6.84. The van der Waals surface area contributed by atoms with E-state index in [9.17, 15) is 0 Å². The molecule has 2 aliphatic heterocycles. The number of nitrogens with one attached hydrogen (secondary N) is 1. The van der Waals surface area contributed by atoms with Gasteiger partial charge in [-0.15, -0.1) is 0 Å². The molecule has 1 N–H and O–H groups in total. The van der Waals surface area contributed by atoms with Crippen molar-refractivity contribution < 1.29 is 4.74 Å². The SMILES string of the molecule is c1cc2c(c(C3CCOCC3)c1)CNCC2. The van der Waals surface area contributed by atoms with Crippen LogP contribution in [0.15, 0.2) is 18.2 Å². The van der Waals surface area contributed by atoms with E-state index in [1.165, 1.54) is 19.3 Å². The molecule has 2 heteroatoms. The average Bonchev–Trinajstić information content (AvgIpc) is 2.39. The molecule has 0 amide bonds. The van der Waals surface area contributed by atoms with Crippen LogP contribution in [0.2, 0.25) is 0 Å². The van der Waals surface area contributed by atoms with Crippen LogP contribution >= 0.6 is 0 Å². The summed E-state index contributed by atoms with van der Waals surface area (Å²) in [4.78, 5) is 0. The molecule has 3 rings (SSSR count). The molecule has 86 valence electrons. The van der Waals surface area contributed by atoms with Crippen LogP contribution in [-0.4, -0.2) is 19.8 Å². The molecule has 16 heavy (non-hydrogen) atoms. The number of fused-ring (bicyclic) bond motifs is 1. The summed E-state index contributed by atoms with van der Waals surface area (Å²) in [5, 5.41) is 3.49. The van der Waals surface area contributed by atoms with E-state index >= 15 is 0 Å². The van der Waals surface area contributed by atoms with Gasteiger partial charge in [-0.2, -0.15) is 0 Å². The van der Waals surface area contributed by atoms with Crippen LogP contribution in [-0.2, 0) is 17.7 Å². The Balaban J connectivity index is 1.93. The summed E-state index contributed by atoms with van der Waals surface area (Å²) in [5.41, 5.74) is 4.70. The zero-order valence-corrected chi connectivity index (χ0v) is 9.67. The molecule has 1 aromatic carbocycles. The van der Waals surface area contributed by atoms with Gasteiger partial charge in [0.2, 0.25) is 0 Å². The number of rotatable bonds is 1. The van der Waals surface area contributed by atoms with Crippen LogP contribution in [0.5, 0.6) is 0 Å². The Kier molecular flexibility index (Phi) is 2.94. The molecule has 0 spiro atoms. The lowest BCUT2D eigenvalue weighted by Crippen LogP contribution is -2.26. The zero-order chi connectivity index (χ0) is 10.8. The minimum Gasteiger partial charge on any atom is -0.381 e. The molecule has 0 radical (unpaired) electrons. The first-order valence-electron chi connectivity index (χ1n) is 6.34. The lowest BCUT2D eigenvalue weighted by Gasteiger charge is -2.28. The average molecular weight is 217 g/mol. The normalized spacial score (nSPS) is 21.8. The number of benzene rings is 1. The van der Waals surface area contributed by atoms with Crippen molar-refractivity contribution in [3.63, 3.8) is 0 Å². The fraction of sp³-hybridized carbons (Fsp3) is 0.571. The van der Waals surface area contributed by atoms with Gasteiger partial charge in [0.15, 0.2) is 0 Å². The van der Waals surface area contributed by atoms with E-state index in [0.29, 0.717) is 0 Å². The molecular weight excluding hydrogens is 198 g/mol. The summed E-state index contributed by atoms with van der Waals surface area (Å²) in [5.74, 6) is 0.726. The van der Waals surface area contributed by atoms with Crippen LogP contribution < -0.4 is 5.32 Å². The molecule has 2 aliphatic rings. The van der Waals surface area contributed by atoms with Crippen molar-refractivity contribution in [2.45, 2.75) is 31.7 Å². The van der Waals surface area contributed by atoms with Gasteiger partial charge in [0.1, 0.15) is 0 Å². The fourth-order valence-corrected chi connectivity index (χ4v) is 2.93. The van der Waals surface area contributed by atoms with Crippen LogP contribution in [0.4, 0.5) is 0 Å². The van der Waals surface area contributed by atoms with Gasteiger partial charge in [-0.3, -0.25) is 0 Å². The molecule has 1 fully saturated rings. The van der Waals surface area contributed by atoms with Gasteiger partial charge in [0.25, 0.3) is 0 Å². The molecule has 2 nitrogen and oxygen atoms in total. The third-order valence-electron chi connectivity index (χ3n) is 3.84. The molecule has 1 saturated heterocycles. The quantitative estimate of drug-likeness (QED) is 0.779. The molecule has 0 saturated carbocycles. The van der Waals surface area contributed by atoms with Gasteiger partial charge >= 0.3 is 0 Å². The standard InChI is InChI=1S/C14H19NO/c1-2-11-4-7-15-10-14(11)13(3-1)12-5-8-16-9-6-12/h1-3,12,15H,4-10H2. The van der Waals surface area contributed by atoms with E-state index in [4.69, 9.17) is 4.74 Å². The van der Waals surface area contributed by atoms with Crippen molar-refractivity contribution in [1.29, 1.82) is 0 Å². The third kappa shape index (κ3) is 1.87. The van der Waals surface area contributed by atoms with Crippen molar-refractivity contribution in [2.24, 2.45) is 0 Å². The Hall–Kier alpha value is -0.860. The number of hydrogen-bond donors (Lipinski definition) is 1. The molecule has 0 aromatic heterocycles. The number of ether oxygens (including phenoxy) is 1. The van der Waals surface area contributed by atoms with E-state index in [1.54, 1.807) is 16.7 Å². The lowest BCUT2D eigenvalue weighted by molar-refractivity contribution is 0.0851. The minimum absolute atomic E-state index is 0.726. The maximum atomic E-state index is 5.45. The molecule has 0 aliphatic carbocycles. The zero-order valence-electron chi connectivity index (χ0n) is 9.67. The first-order chi connectivity index (χ1) is 7.95. The highest BCUT2D eigenvalue weighted by Crippen LogP contribution is 2.31. The predicted octanol–water partition coefficient (Wildman–Crippen LogP) is 2.23. The summed E-state index contributed by atoms with van der Waals surface area (Å²) in [6.07, 6.45) is 3.57. The van der Waals surface area contributed by atoms with E-state index in [1.807, 2.05) is 0 Å². The third-order valence-corrected chi connectivity index (χ3v) is 3.84. The maximum Gasteiger partial charge on any atom is 0.0471 e. The van der Waals surface area contributed by atoms with Gasteiger partial charge < -0.3 is 10.1 Å². The summed E-state index contributed by atoms with van der Waals surface area (Å²) in [7, 11) is 0. The second kappa shape index (κ2) is 4.56. The Morgan fingerprint density at radius 1 is 1.19 bits per heavy atom. The lowest BCUT2D eigenvalue weighted by atomic mass is 9.85. The van der Waals surface area contributed by atoms with Crippen molar-refractivity contribution in [1.82, 2.24) is 5.32 Å². The van der Waals surface area contributed by atoms with Crippen LogP contribution in [0.1, 0.15) is 35.4 Å². The Morgan fingerprint density at radius 2 is 2.06 bits per heavy atom. The van der Waals surface area contributed by atoms with Crippen LogP contribution in [0.3, 0.4) is 0 Å². The van der Waals surface area contributed by atoms with E-state index in [0.717, 1.165) is 32.2 Å². The highest BCUT2D eigenvalue weighted by molar-refractivity contribution is 5.39. The smallest absolute Gasteiger partial charge is 0.0471 e. The molecule has 0 bridgehead atoms. The van der Waals surface area contributed by atoms with E-state index in [-0.39, 0.29) is 0 Å². The van der Waals surface area contributed by atoms with Crippen molar-refractivity contribution in [2.75, 3.05) is 19.8 Å². The van der Waals surface area contributed by atoms with E-state index < -0.39 is 0 Å². The second-order valence-electron chi connectivity index (χ2n) is 4.80. The maximum absolute atomic E-state index is 5.45. The van der Waals surface area contributed by atoms with Crippen molar-refractivity contribution >= 4 is 0 Å². The molecule has 0 atom stereocenters. The monoisotopic (exact) mass is 217 g/mol. The van der Waals surface area contributed by atoms with Gasteiger partial charge in [-0.25, -0.2) is 0 Å². The summed E-state index contributed by atoms with van der Waals surface area (Å²) < 4.78 is 5.45. The number of hydrogen-bond acceptors (Lipinski definition) is 2. The first kappa shape index (κ1) is 10.3. The van der Waals surface area contributed by atoms with Crippen molar-refractivity contribution in [3.8, 4) is 0 Å². The first-order valence-corrected chi connectivity index (χ1v) is 6.34.